The summed E-state index contributed by atoms with van der Waals surface area (Å²) in [6.45, 7) is 1.86. The SMILES string of the molecule is CC(NC(=O)c1cc2ccc(=O)n(-c3ccc(OC(F)(F)F)cc3)c2[nH]1)c1ccccc1. The van der Waals surface area contributed by atoms with Crippen molar-refractivity contribution in [3.8, 4) is 11.4 Å². The molecule has 0 spiro atoms. The molecule has 1 atom stereocenters. The van der Waals surface area contributed by atoms with Gasteiger partial charge in [-0.15, -0.1) is 13.2 Å². The summed E-state index contributed by atoms with van der Waals surface area (Å²) in [5.41, 5.74) is 1.45. The van der Waals surface area contributed by atoms with E-state index in [4.69, 9.17) is 0 Å². The van der Waals surface area contributed by atoms with E-state index in [1.807, 2.05) is 37.3 Å². The van der Waals surface area contributed by atoms with Gasteiger partial charge in [0.05, 0.1) is 11.7 Å². The highest BCUT2D eigenvalue weighted by atomic mass is 19.4. The van der Waals surface area contributed by atoms with Crippen molar-refractivity contribution < 1.29 is 22.7 Å². The Morgan fingerprint density at radius 2 is 1.72 bits per heavy atom. The largest absolute Gasteiger partial charge is 0.573 e. The van der Waals surface area contributed by atoms with Gasteiger partial charge in [0.25, 0.3) is 11.5 Å². The summed E-state index contributed by atoms with van der Waals surface area (Å²) in [5, 5.41) is 3.49. The maximum atomic E-state index is 12.8. The van der Waals surface area contributed by atoms with Crippen molar-refractivity contribution in [2.24, 2.45) is 0 Å². The molecular formula is C23H18F3N3O3. The maximum absolute atomic E-state index is 12.8. The Bertz CT molecular complexity index is 1310. The lowest BCUT2D eigenvalue weighted by Crippen LogP contribution is -2.27. The fraction of sp³-hybridized carbons (Fsp3) is 0.130. The first-order valence-corrected chi connectivity index (χ1v) is 9.68. The predicted octanol–water partition coefficient (Wildman–Crippen LogP) is 4.71. The zero-order chi connectivity index (χ0) is 22.9. The summed E-state index contributed by atoms with van der Waals surface area (Å²) in [5.74, 6) is -0.756. The average Bonchev–Trinajstić information content (AvgIpc) is 3.18. The van der Waals surface area contributed by atoms with Crippen LogP contribution in [-0.4, -0.2) is 21.8 Å². The van der Waals surface area contributed by atoms with Crippen molar-refractivity contribution in [2.45, 2.75) is 19.3 Å². The smallest absolute Gasteiger partial charge is 0.406 e. The van der Waals surface area contributed by atoms with E-state index >= 15 is 0 Å². The molecular weight excluding hydrogens is 423 g/mol. The van der Waals surface area contributed by atoms with Crippen LogP contribution in [0, 0.1) is 0 Å². The number of ether oxygens (including phenoxy) is 1. The number of hydrogen-bond donors (Lipinski definition) is 2. The third-order valence-corrected chi connectivity index (χ3v) is 4.90. The van der Waals surface area contributed by atoms with Crippen LogP contribution in [0.4, 0.5) is 13.2 Å². The molecule has 0 aliphatic heterocycles. The number of pyridine rings is 1. The molecule has 0 radical (unpaired) electrons. The Hall–Kier alpha value is -4.01. The first kappa shape index (κ1) is 21.2. The van der Waals surface area contributed by atoms with Gasteiger partial charge in [0, 0.05) is 11.5 Å². The Morgan fingerprint density at radius 1 is 1.03 bits per heavy atom. The van der Waals surface area contributed by atoms with E-state index in [0.29, 0.717) is 16.7 Å². The lowest BCUT2D eigenvalue weighted by atomic mass is 10.1. The van der Waals surface area contributed by atoms with Crippen LogP contribution in [0.1, 0.15) is 29.0 Å². The number of fused-ring (bicyclic) bond motifs is 1. The van der Waals surface area contributed by atoms with E-state index in [0.717, 1.165) is 17.7 Å². The zero-order valence-electron chi connectivity index (χ0n) is 16.8. The number of nitrogens with zero attached hydrogens (tertiary/aromatic N) is 1. The quantitative estimate of drug-likeness (QED) is 0.471. The van der Waals surface area contributed by atoms with E-state index < -0.39 is 17.7 Å². The number of H-pyrrole nitrogens is 1. The molecule has 6 nitrogen and oxygen atoms in total. The van der Waals surface area contributed by atoms with E-state index in [1.54, 1.807) is 12.1 Å². The number of aromatic amines is 1. The van der Waals surface area contributed by atoms with Crippen LogP contribution in [0.2, 0.25) is 0 Å². The number of alkyl halides is 3. The molecule has 0 bridgehead atoms. The van der Waals surface area contributed by atoms with Gasteiger partial charge in [-0.25, -0.2) is 0 Å². The third kappa shape index (κ3) is 4.51. The molecule has 32 heavy (non-hydrogen) atoms. The predicted molar refractivity (Wildman–Crippen MR) is 113 cm³/mol. The van der Waals surface area contributed by atoms with Crippen molar-refractivity contribution in [1.29, 1.82) is 0 Å². The lowest BCUT2D eigenvalue weighted by molar-refractivity contribution is -0.274. The molecule has 0 saturated carbocycles. The van der Waals surface area contributed by atoms with Crippen LogP contribution < -0.4 is 15.6 Å². The van der Waals surface area contributed by atoms with Gasteiger partial charge in [-0.1, -0.05) is 30.3 Å². The Morgan fingerprint density at radius 3 is 2.38 bits per heavy atom. The first-order valence-electron chi connectivity index (χ1n) is 9.68. The number of nitrogens with one attached hydrogen (secondary N) is 2. The number of hydrogen-bond acceptors (Lipinski definition) is 3. The molecule has 0 fully saturated rings. The van der Waals surface area contributed by atoms with E-state index in [-0.39, 0.29) is 17.6 Å². The molecule has 0 aliphatic rings. The second-order valence-electron chi connectivity index (χ2n) is 7.14. The summed E-state index contributed by atoms with van der Waals surface area (Å²) in [7, 11) is 0. The van der Waals surface area contributed by atoms with Crippen LogP contribution in [0.15, 0.2) is 77.6 Å². The van der Waals surface area contributed by atoms with Crippen molar-refractivity contribution in [2.75, 3.05) is 0 Å². The summed E-state index contributed by atoms with van der Waals surface area (Å²) < 4.78 is 42.3. The second-order valence-corrected chi connectivity index (χ2v) is 7.14. The summed E-state index contributed by atoms with van der Waals surface area (Å²) in [6, 6.07) is 18.6. The number of amides is 1. The normalized spacial score (nSPS) is 12.5. The Labute approximate surface area is 180 Å². The molecule has 1 amide bonds. The molecule has 2 aromatic heterocycles. The monoisotopic (exact) mass is 441 g/mol. The number of rotatable bonds is 5. The minimum atomic E-state index is -4.81. The van der Waals surface area contributed by atoms with Crippen molar-refractivity contribution in [3.63, 3.8) is 0 Å². The molecule has 4 rings (SSSR count). The zero-order valence-corrected chi connectivity index (χ0v) is 16.8. The van der Waals surface area contributed by atoms with Crippen LogP contribution in [0.25, 0.3) is 16.7 Å². The van der Waals surface area contributed by atoms with Gasteiger partial charge in [-0.2, -0.15) is 0 Å². The van der Waals surface area contributed by atoms with Gasteiger partial charge in [0.15, 0.2) is 0 Å². The average molecular weight is 441 g/mol. The Balaban J connectivity index is 1.65. The molecule has 2 aromatic carbocycles. The molecule has 9 heteroatoms. The standard InChI is InChI=1S/C23H18F3N3O3/c1-14(15-5-3-2-4-6-15)27-22(31)19-13-16-7-12-20(30)29(21(16)28-19)17-8-10-18(11-9-17)32-23(24,25)26/h2-14,28H,1H3,(H,27,31). The number of benzene rings is 2. The van der Waals surface area contributed by atoms with E-state index in [2.05, 4.69) is 15.0 Å². The minimum absolute atomic E-state index is 0.238. The maximum Gasteiger partial charge on any atom is 0.573 e. The van der Waals surface area contributed by atoms with Crippen molar-refractivity contribution in [3.05, 3.63) is 94.4 Å². The second kappa shape index (κ2) is 8.26. The van der Waals surface area contributed by atoms with Crippen LogP contribution in [0.3, 0.4) is 0 Å². The highest BCUT2D eigenvalue weighted by Gasteiger charge is 2.31. The van der Waals surface area contributed by atoms with Gasteiger partial charge < -0.3 is 15.0 Å². The fourth-order valence-corrected chi connectivity index (χ4v) is 3.39. The van der Waals surface area contributed by atoms with Gasteiger partial charge in [-0.05, 0) is 48.9 Å². The van der Waals surface area contributed by atoms with E-state index in [1.165, 1.54) is 22.8 Å². The van der Waals surface area contributed by atoms with Crippen LogP contribution >= 0.6 is 0 Å². The van der Waals surface area contributed by atoms with Gasteiger partial charge in [-0.3, -0.25) is 14.2 Å². The lowest BCUT2D eigenvalue weighted by Gasteiger charge is -2.13. The minimum Gasteiger partial charge on any atom is -0.406 e. The molecule has 2 heterocycles. The Kier molecular flexibility index (Phi) is 5.48. The van der Waals surface area contributed by atoms with Crippen LogP contribution in [0.5, 0.6) is 5.75 Å². The first-order chi connectivity index (χ1) is 15.2. The molecule has 2 N–H and O–H groups in total. The summed E-state index contributed by atoms with van der Waals surface area (Å²) >= 11 is 0. The topological polar surface area (TPSA) is 76.1 Å². The van der Waals surface area contributed by atoms with Gasteiger partial charge in [0.1, 0.15) is 17.1 Å². The van der Waals surface area contributed by atoms with Gasteiger partial charge in [0.2, 0.25) is 0 Å². The molecule has 0 aliphatic carbocycles. The number of aromatic nitrogens is 2. The number of carbonyl (C=O) groups is 1. The fourth-order valence-electron chi connectivity index (χ4n) is 3.39. The number of halogens is 3. The van der Waals surface area contributed by atoms with E-state index in [9.17, 15) is 22.8 Å². The van der Waals surface area contributed by atoms with Crippen molar-refractivity contribution >= 4 is 16.9 Å². The molecule has 1 unspecified atom stereocenters. The molecule has 164 valence electrons. The van der Waals surface area contributed by atoms with Crippen molar-refractivity contribution in [1.82, 2.24) is 14.9 Å². The van der Waals surface area contributed by atoms with Crippen LogP contribution in [-0.2, 0) is 0 Å². The summed E-state index contributed by atoms with van der Waals surface area (Å²) in [4.78, 5) is 28.2. The number of carbonyl (C=O) groups excluding carboxylic acids is 1. The summed E-state index contributed by atoms with van der Waals surface area (Å²) in [6.07, 6.45) is -4.81. The van der Waals surface area contributed by atoms with Gasteiger partial charge >= 0.3 is 6.36 Å². The highest BCUT2D eigenvalue weighted by molar-refractivity contribution is 5.97. The highest BCUT2D eigenvalue weighted by Crippen LogP contribution is 2.25. The molecule has 0 saturated heterocycles. The third-order valence-electron chi connectivity index (χ3n) is 4.90. The molecule has 4 aromatic rings.